The zero-order valence-corrected chi connectivity index (χ0v) is 17.7. The lowest BCUT2D eigenvalue weighted by molar-refractivity contribution is -0.161. The highest BCUT2D eigenvalue weighted by atomic mass is 19.1. The van der Waals surface area contributed by atoms with Crippen LogP contribution in [0.1, 0.15) is 10.4 Å². The number of carbonyl (C=O) groups is 2. The van der Waals surface area contributed by atoms with E-state index in [2.05, 4.69) is 0 Å². The van der Waals surface area contributed by atoms with E-state index < -0.39 is 17.2 Å². The van der Waals surface area contributed by atoms with Crippen molar-refractivity contribution >= 4 is 22.6 Å². The summed E-state index contributed by atoms with van der Waals surface area (Å²) in [5.74, 6) is -0.463. The Balaban J connectivity index is 1.23. The van der Waals surface area contributed by atoms with Crippen molar-refractivity contribution in [1.82, 2.24) is 4.90 Å². The molecule has 5 rings (SSSR count). The number of benzene rings is 3. The van der Waals surface area contributed by atoms with Crippen LogP contribution in [0.3, 0.4) is 0 Å². The summed E-state index contributed by atoms with van der Waals surface area (Å²) in [4.78, 5) is 25.9. The second-order valence-electron chi connectivity index (χ2n) is 8.49. The highest BCUT2D eigenvalue weighted by molar-refractivity contribution is 5.96. The highest BCUT2D eigenvalue weighted by Crippen LogP contribution is 2.34. The molecule has 2 saturated heterocycles. The predicted octanol–water partition coefficient (Wildman–Crippen LogP) is 3.36. The number of carbonyl (C=O) groups excluding carboxylic acids is 1. The molecule has 0 aliphatic carbocycles. The van der Waals surface area contributed by atoms with Crippen molar-refractivity contribution in [3.63, 3.8) is 0 Å². The molecule has 7 nitrogen and oxygen atoms in total. The molecule has 2 heterocycles. The molecule has 33 heavy (non-hydrogen) atoms. The first-order chi connectivity index (χ1) is 15.9. The Kier molecular flexibility index (Phi) is 5.38. The maximum atomic E-state index is 13.1. The summed E-state index contributed by atoms with van der Waals surface area (Å²) in [5, 5.41) is 11.7. The van der Waals surface area contributed by atoms with Gasteiger partial charge in [-0.2, -0.15) is 0 Å². The van der Waals surface area contributed by atoms with E-state index >= 15 is 0 Å². The average molecular weight is 451 g/mol. The number of amides is 1. The van der Waals surface area contributed by atoms with Crippen molar-refractivity contribution in [1.29, 1.82) is 0 Å². The summed E-state index contributed by atoms with van der Waals surface area (Å²) in [7, 11) is 0. The summed E-state index contributed by atoms with van der Waals surface area (Å²) in [6.07, 6.45) is 0.0919. The van der Waals surface area contributed by atoms with Crippen molar-refractivity contribution in [2.75, 3.05) is 32.9 Å². The average Bonchev–Trinajstić information content (AvgIpc) is 2.75. The van der Waals surface area contributed by atoms with Crippen molar-refractivity contribution in [2.24, 2.45) is 5.41 Å². The first kappa shape index (κ1) is 21.2. The summed E-state index contributed by atoms with van der Waals surface area (Å²) >= 11 is 0. The van der Waals surface area contributed by atoms with E-state index in [-0.39, 0.29) is 31.7 Å². The minimum absolute atomic E-state index is 0.0255. The Morgan fingerprint density at radius 1 is 1.00 bits per heavy atom. The van der Waals surface area contributed by atoms with Crippen molar-refractivity contribution in [3.05, 3.63) is 72.0 Å². The molecule has 2 aliphatic heterocycles. The van der Waals surface area contributed by atoms with Gasteiger partial charge in [-0.25, -0.2) is 4.39 Å². The number of halogens is 1. The fourth-order valence-corrected chi connectivity index (χ4v) is 3.95. The molecular formula is C25H22FNO6. The molecule has 0 radical (unpaired) electrons. The van der Waals surface area contributed by atoms with Gasteiger partial charge in [-0.15, -0.1) is 0 Å². The van der Waals surface area contributed by atoms with Crippen LogP contribution in [0.5, 0.6) is 11.5 Å². The highest BCUT2D eigenvalue weighted by Gasteiger charge is 2.52. The third-order valence-corrected chi connectivity index (χ3v) is 6.03. The maximum Gasteiger partial charge on any atom is 0.316 e. The smallest absolute Gasteiger partial charge is 0.316 e. The van der Waals surface area contributed by atoms with Crippen molar-refractivity contribution in [2.45, 2.75) is 6.10 Å². The van der Waals surface area contributed by atoms with Crippen LogP contribution in [0.15, 0.2) is 60.7 Å². The standard InChI is InChI=1S/C25H22FNO6/c26-19-5-1-16(2-6-19)23(28)27-13-25(14-27,24(29)30)15-32-20-7-3-18-10-21(8-4-17(18)9-20)33-22-11-31-12-22/h1-10,22H,11-15H2,(H,29,30). The van der Waals surface area contributed by atoms with Gasteiger partial charge in [0.1, 0.15) is 35.4 Å². The Labute approximate surface area is 189 Å². The third-order valence-electron chi connectivity index (χ3n) is 6.03. The van der Waals surface area contributed by atoms with E-state index in [0.29, 0.717) is 24.5 Å². The molecule has 2 aliphatic rings. The van der Waals surface area contributed by atoms with Gasteiger partial charge in [-0.1, -0.05) is 12.1 Å². The Morgan fingerprint density at radius 3 is 2.24 bits per heavy atom. The van der Waals surface area contributed by atoms with Gasteiger partial charge in [0, 0.05) is 18.7 Å². The maximum absolute atomic E-state index is 13.1. The Bertz CT molecular complexity index is 1200. The second kappa shape index (κ2) is 8.37. The fraction of sp³-hybridized carbons (Fsp3) is 0.280. The van der Waals surface area contributed by atoms with Crippen LogP contribution in [0.25, 0.3) is 10.8 Å². The van der Waals surface area contributed by atoms with Gasteiger partial charge >= 0.3 is 5.97 Å². The molecule has 3 aromatic rings. The molecule has 8 heteroatoms. The number of ether oxygens (including phenoxy) is 3. The number of nitrogens with zero attached hydrogens (tertiary/aromatic N) is 1. The lowest BCUT2D eigenvalue weighted by Gasteiger charge is -2.46. The Morgan fingerprint density at radius 2 is 1.64 bits per heavy atom. The number of rotatable bonds is 7. The minimum Gasteiger partial charge on any atom is -0.492 e. The van der Waals surface area contributed by atoms with Gasteiger partial charge in [-0.05, 0) is 59.3 Å². The van der Waals surface area contributed by atoms with Crippen LogP contribution in [-0.4, -0.2) is 60.9 Å². The van der Waals surface area contributed by atoms with E-state index in [1.54, 1.807) is 6.07 Å². The van der Waals surface area contributed by atoms with E-state index in [4.69, 9.17) is 14.2 Å². The summed E-state index contributed by atoms with van der Waals surface area (Å²) < 4.78 is 29.9. The number of hydrogen-bond acceptors (Lipinski definition) is 5. The van der Waals surface area contributed by atoms with E-state index in [1.165, 1.54) is 29.2 Å². The normalized spacial score (nSPS) is 17.2. The monoisotopic (exact) mass is 451 g/mol. The van der Waals surface area contributed by atoms with Gasteiger partial charge in [0.2, 0.25) is 0 Å². The Hall–Kier alpha value is -3.65. The second-order valence-corrected chi connectivity index (χ2v) is 8.49. The zero-order chi connectivity index (χ0) is 23.0. The molecule has 0 unspecified atom stereocenters. The van der Waals surface area contributed by atoms with Gasteiger partial charge in [0.25, 0.3) is 5.91 Å². The quantitative estimate of drug-likeness (QED) is 0.593. The van der Waals surface area contributed by atoms with Crippen LogP contribution >= 0.6 is 0 Å². The number of likely N-dealkylation sites (tertiary alicyclic amines) is 1. The number of fused-ring (bicyclic) bond motifs is 1. The molecule has 1 amide bonds. The lowest BCUT2D eigenvalue weighted by Crippen LogP contribution is -2.64. The first-order valence-electron chi connectivity index (χ1n) is 10.6. The van der Waals surface area contributed by atoms with E-state index in [9.17, 15) is 19.1 Å². The lowest BCUT2D eigenvalue weighted by atomic mass is 9.80. The molecule has 0 bridgehead atoms. The molecule has 0 aromatic heterocycles. The van der Waals surface area contributed by atoms with E-state index in [0.717, 1.165) is 16.5 Å². The largest absolute Gasteiger partial charge is 0.492 e. The van der Waals surface area contributed by atoms with E-state index in [1.807, 2.05) is 30.3 Å². The summed E-state index contributed by atoms with van der Waals surface area (Å²) in [5.41, 5.74) is -0.869. The molecule has 0 spiro atoms. The topological polar surface area (TPSA) is 85.3 Å². The van der Waals surface area contributed by atoms with Gasteiger partial charge in [0.15, 0.2) is 0 Å². The predicted molar refractivity (Wildman–Crippen MR) is 117 cm³/mol. The molecule has 0 atom stereocenters. The molecule has 0 saturated carbocycles. The third kappa shape index (κ3) is 4.21. The SMILES string of the molecule is O=C(c1ccc(F)cc1)N1CC(COc2ccc3cc(OC4COC4)ccc3c2)(C(=O)O)C1. The summed E-state index contributed by atoms with van der Waals surface area (Å²) in [6.45, 7) is 1.19. The van der Waals surface area contributed by atoms with Crippen LogP contribution in [0, 0.1) is 11.2 Å². The molecule has 170 valence electrons. The molecule has 1 N–H and O–H groups in total. The summed E-state index contributed by atoms with van der Waals surface area (Å²) in [6, 6.07) is 16.5. The first-order valence-corrected chi connectivity index (χ1v) is 10.6. The van der Waals surface area contributed by atoms with Crippen LogP contribution in [-0.2, 0) is 9.53 Å². The molecule has 2 fully saturated rings. The number of hydrogen-bond donors (Lipinski definition) is 1. The zero-order valence-electron chi connectivity index (χ0n) is 17.7. The van der Waals surface area contributed by atoms with Crippen molar-refractivity contribution in [3.8, 4) is 11.5 Å². The van der Waals surface area contributed by atoms with Gasteiger partial charge in [-0.3, -0.25) is 9.59 Å². The fourth-order valence-electron chi connectivity index (χ4n) is 3.95. The van der Waals surface area contributed by atoms with Gasteiger partial charge in [0.05, 0.1) is 13.2 Å². The molecule has 3 aromatic carbocycles. The van der Waals surface area contributed by atoms with Crippen LogP contribution < -0.4 is 9.47 Å². The van der Waals surface area contributed by atoms with Crippen molar-refractivity contribution < 1.29 is 33.3 Å². The number of carboxylic acids is 1. The van der Waals surface area contributed by atoms with Crippen LogP contribution in [0.4, 0.5) is 4.39 Å². The van der Waals surface area contributed by atoms with Crippen LogP contribution in [0.2, 0.25) is 0 Å². The number of aliphatic carboxylic acids is 1. The van der Waals surface area contributed by atoms with Gasteiger partial charge < -0.3 is 24.2 Å². The number of carboxylic acid groups (broad SMARTS) is 1. The minimum atomic E-state index is -1.19. The molecular weight excluding hydrogens is 429 g/mol.